The van der Waals surface area contributed by atoms with E-state index in [2.05, 4.69) is 16.3 Å². The van der Waals surface area contributed by atoms with E-state index in [4.69, 9.17) is 4.74 Å². The van der Waals surface area contributed by atoms with E-state index in [1.165, 1.54) is 10.4 Å². The smallest absolute Gasteiger partial charge is 0.263 e. The second-order valence-electron chi connectivity index (χ2n) is 6.41. The summed E-state index contributed by atoms with van der Waals surface area (Å²) in [6, 6.07) is 2.06. The van der Waals surface area contributed by atoms with Crippen LogP contribution in [0.15, 0.2) is 6.07 Å². The maximum Gasteiger partial charge on any atom is 0.263 e. The summed E-state index contributed by atoms with van der Waals surface area (Å²) in [5.41, 5.74) is 1.23. The molecule has 1 N–H and O–H groups in total. The Morgan fingerprint density at radius 2 is 2.00 bits per heavy atom. The summed E-state index contributed by atoms with van der Waals surface area (Å²) in [6.07, 6.45) is 3.26. The SMILES string of the molecule is Cl.O=C(c1cc2c(s1)CCOC2)N1CC[C@@H]2CNC[C@@H]2CC1. The lowest BCUT2D eigenvalue weighted by molar-refractivity contribution is 0.0763. The number of likely N-dealkylation sites (tertiary alicyclic amines) is 1. The Labute approximate surface area is 141 Å². The van der Waals surface area contributed by atoms with Crippen molar-refractivity contribution in [2.24, 2.45) is 11.8 Å². The minimum absolute atomic E-state index is 0. The van der Waals surface area contributed by atoms with Crippen molar-refractivity contribution >= 4 is 29.7 Å². The molecule has 3 aliphatic rings. The summed E-state index contributed by atoms with van der Waals surface area (Å²) in [4.78, 5) is 17.1. The van der Waals surface area contributed by atoms with E-state index in [1.54, 1.807) is 11.3 Å². The van der Waals surface area contributed by atoms with Crippen molar-refractivity contribution in [3.63, 3.8) is 0 Å². The number of nitrogens with one attached hydrogen (secondary N) is 1. The van der Waals surface area contributed by atoms with Crippen LogP contribution in [-0.2, 0) is 17.8 Å². The molecule has 0 unspecified atom stereocenters. The van der Waals surface area contributed by atoms with Gasteiger partial charge in [-0.2, -0.15) is 0 Å². The van der Waals surface area contributed by atoms with E-state index < -0.39 is 0 Å². The average molecular weight is 343 g/mol. The second kappa shape index (κ2) is 6.87. The number of hydrogen-bond acceptors (Lipinski definition) is 4. The van der Waals surface area contributed by atoms with Gasteiger partial charge in [-0.1, -0.05) is 0 Å². The van der Waals surface area contributed by atoms with Gasteiger partial charge in [0, 0.05) is 24.4 Å². The van der Waals surface area contributed by atoms with Crippen molar-refractivity contribution in [2.45, 2.75) is 25.9 Å². The molecule has 6 heteroatoms. The zero-order valence-electron chi connectivity index (χ0n) is 12.7. The highest BCUT2D eigenvalue weighted by molar-refractivity contribution is 7.14. The Morgan fingerprint density at radius 3 is 2.68 bits per heavy atom. The molecule has 22 heavy (non-hydrogen) atoms. The second-order valence-corrected chi connectivity index (χ2v) is 7.55. The van der Waals surface area contributed by atoms with Crippen LogP contribution in [0.4, 0.5) is 0 Å². The molecule has 4 heterocycles. The Morgan fingerprint density at radius 1 is 1.27 bits per heavy atom. The van der Waals surface area contributed by atoms with Crippen molar-refractivity contribution in [3.8, 4) is 0 Å². The standard InChI is InChI=1S/C16H22N2O2S.ClH/c19-16(15-7-13-10-20-6-3-14(13)21-15)18-4-1-11-8-17-9-12(11)2-5-18;/h7,11-12,17H,1-6,8-10H2;1H/t11-,12+;. The Hall–Kier alpha value is -0.620. The van der Waals surface area contributed by atoms with Crippen molar-refractivity contribution < 1.29 is 9.53 Å². The van der Waals surface area contributed by atoms with Crippen molar-refractivity contribution in [1.82, 2.24) is 10.2 Å². The summed E-state index contributed by atoms with van der Waals surface area (Å²) in [5, 5.41) is 3.49. The number of halogens is 1. The molecule has 1 aromatic heterocycles. The minimum Gasteiger partial charge on any atom is -0.376 e. The van der Waals surface area contributed by atoms with E-state index in [0.29, 0.717) is 6.61 Å². The fourth-order valence-electron chi connectivity index (χ4n) is 3.83. The maximum atomic E-state index is 12.8. The van der Waals surface area contributed by atoms with Crippen LogP contribution in [0.5, 0.6) is 0 Å². The fourth-order valence-corrected chi connectivity index (χ4v) is 4.95. The molecule has 0 radical (unpaired) electrons. The molecule has 3 aliphatic heterocycles. The number of carbonyl (C=O) groups is 1. The summed E-state index contributed by atoms with van der Waals surface area (Å²) in [5.74, 6) is 1.78. The van der Waals surface area contributed by atoms with Gasteiger partial charge in [0.25, 0.3) is 5.91 Å². The van der Waals surface area contributed by atoms with Crippen LogP contribution in [0, 0.1) is 11.8 Å². The van der Waals surface area contributed by atoms with Crippen molar-refractivity contribution in [1.29, 1.82) is 0 Å². The molecule has 1 aromatic rings. The van der Waals surface area contributed by atoms with Gasteiger partial charge in [0.05, 0.1) is 18.1 Å². The molecule has 0 saturated carbocycles. The van der Waals surface area contributed by atoms with Crippen LogP contribution in [0.1, 0.15) is 33.0 Å². The van der Waals surface area contributed by atoms with Crippen molar-refractivity contribution in [3.05, 3.63) is 21.4 Å². The zero-order valence-corrected chi connectivity index (χ0v) is 14.3. The van der Waals surface area contributed by atoms with Crippen LogP contribution >= 0.6 is 23.7 Å². The Bertz CT molecular complexity index is 511. The summed E-state index contributed by atoms with van der Waals surface area (Å²) in [7, 11) is 0. The van der Waals surface area contributed by atoms with Gasteiger partial charge in [-0.25, -0.2) is 0 Å². The lowest BCUT2D eigenvalue weighted by Crippen LogP contribution is -2.32. The third-order valence-corrected chi connectivity index (χ3v) is 6.37. The molecule has 2 saturated heterocycles. The van der Waals surface area contributed by atoms with E-state index in [0.717, 1.165) is 68.8 Å². The zero-order chi connectivity index (χ0) is 14.2. The van der Waals surface area contributed by atoms with Crippen LogP contribution < -0.4 is 5.32 Å². The lowest BCUT2D eigenvalue weighted by Gasteiger charge is -2.20. The van der Waals surface area contributed by atoms with Crippen LogP contribution in [0.25, 0.3) is 0 Å². The highest BCUT2D eigenvalue weighted by Crippen LogP contribution is 2.31. The topological polar surface area (TPSA) is 41.6 Å². The predicted octanol–water partition coefficient (Wildman–Crippen LogP) is 2.31. The highest BCUT2D eigenvalue weighted by atomic mass is 35.5. The monoisotopic (exact) mass is 342 g/mol. The van der Waals surface area contributed by atoms with Gasteiger partial charge in [0.2, 0.25) is 0 Å². The molecule has 122 valence electrons. The van der Waals surface area contributed by atoms with Gasteiger partial charge < -0.3 is 15.0 Å². The van der Waals surface area contributed by atoms with Gasteiger partial charge in [0.1, 0.15) is 0 Å². The number of thiophene rings is 1. The van der Waals surface area contributed by atoms with Gasteiger partial charge in [-0.15, -0.1) is 23.7 Å². The summed E-state index contributed by atoms with van der Waals surface area (Å²) >= 11 is 1.68. The number of rotatable bonds is 1. The molecule has 1 amide bonds. The van der Waals surface area contributed by atoms with Crippen LogP contribution in [0.3, 0.4) is 0 Å². The van der Waals surface area contributed by atoms with Crippen LogP contribution in [0.2, 0.25) is 0 Å². The number of nitrogens with zero attached hydrogens (tertiary/aromatic N) is 1. The number of amides is 1. The number of fused-ring (bicyclic) bond motifs is 2. The number of hydrogen-bond donors (Lipinski definition) is 1. The summed E-state index contributed by atoms with van der Waals surface area (Å²) < 4.78 is 5.48. The van der Waals surface area contributed by atoms with Crippen LogP contribution in [-0.4, -0.2) is 43.6 Å². The quantitative estimate of drug-likeness (QED) is 0.851. The summed E-state index contributed by atoms with van der Waals surface area (Å²) in [6.45, 7) is 5.58. The molecule has 4 rings (SSSR count). The molecule has 0 aliphatic carbocycles. The van der Waals surface area contributed by atoms with Gasteiger partial charge in [-0.3, -0.25) is 4.79 Å². The first-order valence-corrected chi connectivity index (χ1v) is 8.82. The molecular formula is C16H23ClN2O2S. The van der Waals surface area contributed by atoms with E-state index in [1.807, 2.05) is 0 Å². The minimum atomic E-state index is 0. The molecule has 4 nitrogen and oxygen atoms in total. The van der Waals surface area contributed by atoms with Gasteiger partial charge in [-0.05, 0) is 49.4 Å². The number of carbonyl (C=O) groups excluding carboxylic acids is 1. The largest absolute Gasteiger partial charge is 0.376 e. The average Bonchev–Trinajstić information content (AvgIpc) is 3.09. The van der Waals surface area contributed by atoms with E-state index in [-0.39, 0.29) is 18.3 Å². The third-order valence-electron chi connectivity index (χ3n) is 5.14. The van der Waals surface area contributed by atoms with Gasteiger partial charge >= 0.3 is 0 Å². The van der Waals surface area contributed by atoms with E-state index >= 15 is 0 Å². The first kappa shape index (κ1) is 16.2. The fraction of sp³-hybridized carbons (Fsp3) is 0.688. The van der Waals surface area contributed by atoms with Crippen molar-refractivity contribution in [2.75, 3.05) is 32.8 Å². The first-order valence-electron chi connectivity index (χ1n) is 8.00. The first-order chi connectivity index (χ1) is 10.3. The van der Waals surface area contributed by atoms with E-state index in [9.17, 15) is 4.79 Å². The molecule has 2 fully saturated rings. The maximum absolute atomic E-state index is 12.8. The molecular weight excluding hydrogens is 320 g/mol. The Balaban J connectivity index is 0.00000144. The lowest BCUT2D eigenvalue weighted by atomic mass is 9.92. The van der Waals surface area contributed by atoms with Gasteiger partial charge in [0.15, 0.2) is 0 Å². The predicted molar refractivity (Wildman–Crippen MR) is 89.9 cm³/mol. The molecule has 0 bridgehead atoms. The molecule has 2 atom stereocenters. The highest BCUT2D eigenvalue weighted by Gasteiger charge is 2.32. The third kappa shape index (κ3) is 3.04. The normalized spacial score (nSPS) is 27.5. The Kier molecular flexibility index (Phi) is 5.07. The number of ether oxygens (including phenoxy) is 1. The molecule has 0 aromatic carbocycles. The molecule has 0 spiro atoms.